The van der Waals surface area contributed by atoms with Crippen molar-refractivity contribution in [3.63, 3.8) is 0 Å². The second-order valence-electron chi connectivity index (χ2n) is 7.28. The molecule has 10 heteroatoms. The predicted octanol–water partition coefficient (Wildman–Crippen LogP) is 4.48. The van der Waals surface area contributed by atoms with Crippen LogP contribution in [0.4, 0.5) is 28.9 Å². The Morgan fingerprint density at radius 2 is 1.93 bits per heavy atom. The van der Waals surface area contributed by atoms with Crippen molar-refractivity contribution in [3.05, 3.63) is 53.1 Å². The van der Waals surface area contributed by atoms with Crippen LogP contribution >= 0.6 is 12.2 Å². The topological polar surface area (TPSA) is 60.2 Å². The summed E-state index contributed by atoms with van der Waals surface area (Å²) in [5.41, 5.74) is -2.36. The molecule has 1 aromatic carbocycles. The first-order chi connectivity index (χ1) is 14.1. The lowest BCUT2D eigenvalue weighted by Gasteiger charge is -2.43. The van der Waals surface area contributed by atoms with Crippen LogP contribution in [0.3, 0.4) is 0 Å². The molecular weight excluding hydrogens is 420 g/mol. The second-order valence-corrected chi connectivity index (χ2v) is 7.64. The minimum Gasteiger partial charge on any atom is -0.303 e. The van der Waals surface area contributed by atoms with Crippen LogP contribution in [-0.4, -0.2) is 21.5 Å². The van der Waals surface area contributed by atoms with Crippen molar-refractivity contribution in [1.29, 1.82) is 5.26 Å². The Morgan fingerprint density at radius 1 is 1.23 bits per heavy atom. The first-order valence-corrected chi connectivity index (χ1v) is 9.43. The number of nitriles is 1. The molecule has 2 aliphatic rings. The minimum atomic E-state index is -4.82. The van der Waals surface area contributed by atoms with Gasteiger partial charge >= 0.3 is 6.18 Å². The van der Waals surface area contributed by atoms with E-state index in [1.54, 1.807) is 17.9 Å². The molecule has 2 fully saturated rings. The van der Waals surface area contributed by atoms with Crippen molar-refractivity contribution >= 4 is 34.6 Å². The van der Waals surface area contributed by atoms with Gasteiger partial charge in [-0.25, -0.2) is 9.37 Å². The van der Waals surface area contributed by atoms with Gasteiger partial charge in [0, 0.05) is 5.69 Å². The number of carbonyl (C=O) groups excluding carboxylic acids is 1. The molecule has 1 saturated heterocycles. The number of nitrogens with zero attached hydrogens (tertiary/aromatic N) is 4. The van der Waals surface area contributed by atoms with Gasteiger partial charge < -0.3 is 4.90 Å². The van der Waals surface area contributed by atoms with Gasteiger partial charge in [-0.1, -0.05) is 0 Å². The van der Waals surface area contributed by atoms with Crippen LogP contribution in [-0.2, 0) is 11.0 Å². The van der Waals surface area contributed by atoms with E-state index < -0.39 is 34.7 Å². The largest absolute Gasteiger partial charge is 0.419 e. The number of thiocarbonyl (C=S) groups is 1. The van der Waals surface area contributed by atoms with E-state index in [4.69, 9.17) is 17.5 Å². The second kappa shape index (κ2) is 6.74. The number of amides is 1. The Balaban J connectivity index is 1.83. The summed E-state index contributed by atoms with van der Waals surface area (Å²) in [5, 5.41) is 8.94. The molecule has 1 aromatic heterocycles. The molecule has 0 bridgehead atoms. The first-order valence-electron chi connectivity index (χ1n) is 9.02. The highest BCUT2D eigenvalue weighted by molar-refractivity contribution is 7.81. The fourth-order valence-corrected chi connectivity index (χ4v) is 4.33. The summed E-state index contributed by atoms with van der Waals surface area (Å²) in [7, 11) is 0. The molecule has 2 heterocycles. The van der Waals surface area contributed by atoms with Crippen LogP contribution in [0, 0.1) is 24.1 Å². The lowest BCUT2D eigenvalue weighted by atomic mass is 9.75. The Kier molecular flexibility index (Phi) is 4.54. The summed E-state index contributed by atoms with van der Waals surface area (Å²) >= 11 is 5.49. The highest BCUT2D eigenvalue weighted by atomic mass is 32.1. The quantitative estimate of drug-likeness (QED) is 0.515. The maximum absolute atomic E-state index is 13.7. The maximum Gasteiger partial charge on any atom is 0.419 e. The van der Waals surface area contributed by atoms with Crippen molar-refractivity contribution in [2.24, 2.45) is 0 Å². The fraction of sp³-hybridized carbons (Fsp3) is 0.300. The Labute approximate surface area is 174 Å². The number of halogens is 4. The smallest absolute Gasteiger partial charge is 0.303 e. The van der Waals surface area contributed by atoms with Crippen molar-refractivity contribution < 1.29 is 22.4 Å². The maximum atomic E-state index is 13.7. The van der Waals surface area contributed by atoms with Gasteiger partial charge in [0.1, 0.15) is 17.4 Å². The van der Waals surface area contributed by atoms with Crippen molar-refractivity contribution in [2.45, 2.75) is 37.9 Å². The number of anilines is 2. The van der Waals surface area contributed by atoms with Gasteiger partial charge in [0.15, 0.2) is 10.8 Å². The van der Waals surface area contributed by atoms with Crippen LogP contribution in [0.25, 0.3) is 0 Å². The number of carbonyl (C=O) groups is 1. The van der Waals surface area contributed by atoms with Gasteiger partial charge in [0.2, 0.25) is 0 Å². The van der Waals surface area contributed by atoms with Gasteiger partial charge in [-0.3, -0.25) is 9.69 Å². The van der Waals surface area contributed by atoms with Crippen molar-refractivity contribution in [2.75, 3.05) is 9.80 Å². The van der Waals surface area contributed by atoms with Crippen LogP contribution in [0.1, 0.15) is 36.1 Å². The molecule has 0 radical (unpaired) electrons. The molecule has 1 spiro atoms. The molecule has 1 aliphatic heterocycles. The monoisotopic (exact) mass is 434 g/mol. The summed E-state index contributed by atoms with van der Waals surface area (Å²) in [5.74, 6) is -0.874. The molecular formula is C20H14F4N4OS. The average molecular weight is 434 g/mol. The standard InChI is InChI=1S/C20H14F4N4OS/c1-11-7-12(3-4-15(11)21)28-18(30)27(17(29)19(28)5-2-6-19)13-8-14(20(22,23)24)16(9-25)26-10-13/h3-4,7-8,10H,2,5-6H2,1H3. The van der Waals surface area contributed by atoms with E-state index in [9.17, 15) is 22.4 Å². The number of hydrogen-bond donors (Lipinski definition) is 0. The summed E-state index contributed by atoms with van der Waals surface area (Å²) in [4.78, 5) is 19.5. The Bertz CT molecular complexity index is 1120. The van der Waals surface area contributed by atoms with Crippen LogP contribution in [0.2, 0.25) is 0 Å². The number of aryl methyl sites for hydroxylation is 1. The van der Waals surface area contributed by atoms with E-state index in [0.29, 0.717) is 30.2 Å². The zero-order valence-corrected chi connectivity index (χ0v) is 16.4. The number of rotatable bonds is 2. The van der Waals surface area contributed by atoms with Crippen LogP contribution in [0.5, 0.6) is 0 Å². The van der Waals surface area contributed by atoms with Crippen molar-refractivity contribution in [3.8, 4) is 6.07 Å². The summed E-state index contributed by atoms with van der Waals surface area (Å²) in [6, 6.07) is 6.43. The highest BCUT2D eigenvalue weighted by Gasteiger charge is 2.59. The van der Waals surface area contributed by atoms with E-state index in [-0.39, 0.29) is 10.8 Å². The van der Waals surface area contributed by atoms with E-state index in [0.717, 1.165) is 17.5 Å². The van der Waals surface area contributed by atoms with E-state index in [2.05, 4.69) is 4.98 Å². The number of aromatic nitrogens is 1. The third-order valence-electron chi connectivity index (χ3n) is 5.53. The lowest BCUT2D eigenvalue weighted by molar-refractivity contribution is -0.138. The van der Waals surface area contributed by atoms with Crippen LogP contribution in [0.15, 0.2) is 30.5 Å². The summed E-state index contributed by atoms with van der Waals surface area (Å²) < 4.78 is 53.9. The Morgan fingerprint density at radius 3 is 2.47 bits per heavy atom. The number of benzene rings is 1. The van der Waals surface area contributed by atoms with E-state index in [1.165, 1.54) is 18.2 Å². The summed E-state index contributed by atoms with van der Waals surface area (Å²) in [6.45, 7) is 1.57. The minimum absolute atomic E-state index is 0.00894. The van der Waals surface area contributed by atoms with E-state index >= 15 is 0 Å². The molecule has 2 aromatic rings. The zero-order valence-electron chi connectivity index (χ0n) is 15.6. The fourth-order valence-electron chi connectivity index (χ4n) is 3.86. The van der Waals surface area contributed by atoms with Gasteiger partial charge in [-0.15, -0.1) is 0 Å². The predicted molar refractivity (Wildman–Crippen MR) is 104 cm³/mol. The van der Waals surface area contributed by atoms with Crippen LogP contribution < -0.4 is 9.80 Å². The normalized spacial score (nSPS) is 18.0. The molecule has 154 valence electrons. The number of pyridine rings is 1. The molecule has 5 nitrogen and oxygen atoms in total. The molecule has 0 N–H and O–H groups in total. The molecule has 0 atom stereocenters. The van der Waals surface area contributed by atoms with Gasteiger partial charge in [-0.2, -0.15) is 18.4 Å². The third kappa shape index (κ3) is 2.84. The van der Waals surface area contributed by atoms with Crippen molar-refractivity contribution in [1.82, 2.24) is 4.98 Å². The highest BCUT2D eigenvalue weighted by Crippen LogP contribution is 2.48. The van der Waals surface area contributed by atoms with Gasteiger partial charge in [0.25, 0.3) is 5.91 Å². The molecule has 1 aliphatic carbocycles. The third-order valence-corrected chi connectivity index (χ3v) is 5.90. The first kappa shape index (κ1) is 20.2. The number of hydrogen-bond acceptors (Lipinski definition) is 4. The summed E-state index contributed by atoms with van der Waals surface area (Å²) in [6.07, 6.45) is -2.11. The van der Waals surface area contributed by atoms with Gasteiger partial charge in [0.05, 0.1) is 17.4 Å². The average Bonchev–Trinajstić information content (AvgIpc) is 2.90. The van der Waals surface area contributed by atoms with Gasteiger partial charge in [-0.05, 0) is 68.2 Å². The number of alkyl halides is 3. The lowest BCUT2D eigenvalue weighted by Crippen LogP contribution is -2.55. The Hall–Kier alpha value is -3.06. The molecule has 30 heavy (non-hydrogen) atoms. The SMILES string of the molecule is Cc1cc(N2C(=S)N(c3cnc(C#N)c(C(F)(F)F)c3)C(=O)C23CCC3)ccc1F. The molecule has 0 unspecified atom stereocenters. The molecule has 1 saturated carbocycles. The molecule has 4 rings (SSSR count). The molecule has 1 amide bonds. The zero-order chi connectivity index (χ0) is 21.8. The van der Waals surface area contributed by atoms with E-state index in [1.807, 2.05) is 0 Å².